The molecule has 1 aliphatic carbocycles. The van der Waals surface area contributed by atoms with Crippen LogP contribution < -0.4 is 0 Å². The molecule has 0 spiro atoms. The summed E-state index contributed by atoms with van der Waals surface area (Å²) in [6.45, 7) is 5.90. The third kappa shape index (κ3) is 2.18. The van der Waals surface area contributed by atoms with Crippen LogP contribution in [0.4, 0.5) is 0 Å². The number of carbonyl (C=O) groups excluding carboxylic acids is 1. The van der Waals surface area contributed by atoms with E-state index < -0.39 is 0 Å². The number of rotatable bonds is 3. The Morgan fingerprint density at radius 1 is 1.73 bits per heavy atom. The molecule has 0 aliphatic heterocycles. The van der Waals surface area contributed by atoms with Crippen molar-refractivity contribution in [2.24, 2.45) is 5.41 Å². The zero-order valence-corrected chi connectivity index (χ0v) is 7.23. The molecule has 0 heterocycles. The predicted octanol–water partition coefficient (Wildman–Crippen LogP) is 2.71. The highest BCUT2D eigenvalue weighted by atomic mass is 16.1. The summed E-state index contributed by atoms with van der Waals surface area (Å²) in [6, 6.07) is 0. The van der Waals surface area contributed by atoms with Crippen LogP contribution >= 0.6 is 0 Å². The van der Waals surface area contributed by atoms with E-state index in [0.29, 0.717) is 11.2 Å². The molecule has 0 saturated heterocycles. The highest BCUT2D eigenvalue weighted by Crippen LogP contribution is 2.39. The minimum absolute atomic E-state index is 0.297. The second-order valence-electron chi connectivity index (χ2n) is 3.85. The van der Waals surface area contributed by atoms with Crippen molar-refractivity contribution in [2.75, 3.05) is 0 Å². The fourth-order valence-corrected chi connectivity index (χ4v) is 1.76. The van der Waals surface area contributed by atoms with Crippen LogP contribution in [-0.2, 0) is 4.79 Å². The summed E-state index contributed by atoms with van der Waals surface area (Å²) in [5, 5.41) is 0. The lowest BCUT2D eigenvalue weighted by Gasteiger charge is -2.20. The van der Waals surface area contributed by atoms with E-state index in [-0.39, 0.29) is 0 Å². The maximum Gasteiger partial charge on any atom is 0.133 e. The fourth-order valence-electron chi connectivity index (χ4n) is 1.76. The monoisotopic (exact) mass is 152 g/mol. The topological polar surface area (TPSA) is 17.1 Å². The molecule has 1 atom stereocenters. The standard InChI is InChI=1S/C10H16O/c1-3-4-6-10(2)7-5-9(11)8-10/h3H,1,4-8H2,2H3. The lowest BCUT2D eigenvalue weighted by molar-refractivity contribution is -0.117. The summed E-state index contributed by atoms with van der Waals surface area (Å²) in [5.41, 5.74) is 0.297. The van der Waals surface area contributed by atoms with Gasteiger partial charge in [-0.25, -0.2) is 0 Å². The molecule has 1 unspecified atom stereocenters. The van der Waals surface area contributed by atoms with Gasteiger partial charge in [-0.1, -0.05) is 13.0 Å². The SMILES string of the molecule is C=CCCC1(C)CCC(=O)C1. The Kier molecular flexibility index (Phi) is 2.48. The summed E-state index contributed by atoms with van der Waals surface area (Å²) in [6.07, 6.45) is 6.79. The second kappa shape index (κ2) is 3.21. The smallest absolute Gasteiger partial charge is 0.133 e. The molecule has 0 aromatic rings. The van der Waals surface area contributed by atoms with Gasteiger partial charge < -0.3 is 0 Å². The van der Waals surface area contributed by atoms with Crippen LogP contribution in [0.15, 0.2) is 12.7 Å². The summed E-state index contributed by atoms with van der Waals surface area (Å²) >= 11 is 0. The van der Waals surface area contributed by atoms with Gasteiger partial charge in [0.15, 0.2) is 0 Å². The first-order valence-electron chi connectivity index (χ1n) is 4.29. The maximum absolute atomic E-state index is 11.0. The van der Waals surface area contributed by atoms with E-state index in [1.165, 1.54) is 0 Å². The van der Waals surface area contributed by atoms with Gasteiger partial charge in [0.05, 0.1) is 0 Å². The quantitative estimate of drug-likeness (QED) is 0.568. The van der Waals surface area contributed by atoms with Crippen molar-refractivity contribution in [1.82, 2.24) is 0 Å². The van der Waals surface area contributed by atoms with E-state index in [9.17, 15) is 4.79 Å². The molecule has 0 amide bonds. The van der Waals surface area contributed by atoms with Crippen molar-refractivity contribution in [3.05, 3.63) is 12.7 Å². The van der Waals surface area contributed by atoms with Crippen LogP contribution in [0, 0.1) is 5.41 Å². The highest BCUT2D eigenvalue weighted by Gasteiger charge is 2.32. The molecule has 1 heteroatoms. The number of hydrogen-bond donors (Lipinski definition) is 0. The zero-order chi connectivity index (χ0) is 8.32. The van der Waals surface area contributed by atoms with Gasteiger partial charge in [-0.2, -0.15) is 0 Å². The van der Waals surface area contributed by atoms with Crippen molar-refractivity contribution in [3.63, 3.8) is 0 Å². The Morgan fingerprint density at radius 2 is 2.45 bits per heavy atom. The molecule has 1 rings (SSSR count). The van der Waals surface area contributed by atoms with Gasteiger partial charge in [0.2, 0.25) is 0 Å². The first-order valence-corrected chi connectivity index (χ1v) is 4.29. The zero-order valence-electron chi connectivity index (χ0n) is 7.23. The van der Waals surface area contributed by atoms with Crippen LogP contribution in [0.1, 0.15) is 39.0 Å². The van der Waals surface area contributed by atoms with E-state index >= 15 is 0 Å². The minimum atomic E-state index is 0.297. The second-order valence-corrected chi connectivity index (χ2v) is 3.85. The molecule has 0 N–H and O–H groups in total. The van der Waals surface area contributed by atoms with Crippen molar-refractivity contribution in [3.8, 4) is 0 Å². The first kappa shape index (κ1) is 8.51. The molecular formula is C10H16O. The largest absolute Gasteiger partial charge is 0.300 e. The first-order chi connectivity index (χ1) is 5.16. The number of allylic oxidation sites excluding steroid dienone is 1. The van der Waals surface area contributed by atoms with Crippen LogP contribution in [0.3, 0.4) is 0 Å². The Bertz CT molecular complexity index is 172. The van der Waals surface area contributed by atoms with E-state index in [1.807, 2.05) is 6.08 Å². The lowest BCUT2D eigenvalue weighted by Crippen LogP contribution is -2.10. The van der Waals surface area contributed by atoms with E-state index in [1.54, 1.807) is 0 Å². The number of Topliss-reactive ketones (excluding diaryl/α,β-unsaturated/α-hetero) is 1. The van der Waals surface area contributed by atoms with Gasteiger partial charge >= 0.3 is 0 Å². The van der Waals surface area contributed by atoms with Crippen molar-refractivity contribution >= 4 is 5.78 Å². The summed E-state index contributed by atoms with van der Waals surface area (Å²) in [4.78, 5) is 11.0. The van der Waals surface area contributed by atoms with Crippen LogP contribution in [-0.4, -0.2) is 5.78 Å². The molecule has 0 bridgehead atoms. The molecule has 0 aromatic heterocycles. The average molecular weight is 152 g/mol. The number of hydrogen-bond acceptors (Lipinski definition) is 1. The van der Waals surface area contributed by atoms with Crippen LogP contribution in [0.5, 0.6) is 0 Å². The number of carbonyl (C=O) groups is 1. The van der Waals surface area contributed by atoms with Crippen molar-refractivity contribution in [1.29, 1.82) is 0 Å². The van der Waals surface area contributed by atoms with E-state index in [2.05, 4.69) is 13.5 Å². The summed E-state index contributed by atoms with van der Waals surface area (Å²) in [5.74, 6) is 0.441. The highest BCUT2D eigenvalue weighted by molar-refractivity contribution is 5.81. The minimum Gasteiger partial charge on any atom is -0.300 e. The Labute approximate surface area is 68.5 Å². The molecule has 1 saturated carbocycles. The molecule has 1 aliphatic rings. The normalized spacial score (nSPS) is 30.8. The van der Waals surface area contributed by atoms with E-state index in [4.69, 9.17) is 0 Å². The Balaban J connectivity index is 2.41. The van der Waals surface area contributed by atoms with Gasteiger partial charge in [-0.3, -0.25) is 4.79 Å². The third-order valence-electron chi connectivity index (χ3n) is 2.58. The fraction of sp³-hybridized carbons (Fsp3) is 0.700. The molecule has 1 fully saturated rings. The van der Waals surface area contributed by atoms with Gasteiger partial charge in [-0.05, 0) is 24.7 Å². The molecule has 0 radical (unpaired) electrons. The molecular weight excluding hydrogens is 136 g/mol. The van der Waals surface area contributed by atoms with Gasteiger partial charge in [0, 0.05) is 12.8 Å². The van der Waals surface area contributed by atoms with Crippen molar-refractivity contribution in [2.45, 2.75) is 39.0 Å². The number of ketones is 1. The summed E-state index contributed by atoms with van der Waals surface area (Å²) < 4.78 is 0. The molecule has 11 heavy (non-hydrogen) atoms. The Hall–Kier alpha value is -0.590. The Morgan fingerprint density at radius 3 is 2.91 bits per heavy atom. The van der Waals surface area contributed by atoms with Crippen LogP contribution in [0.25, 0.3) is 0 Å². The summed E-state index contributed by atoms with van der Waals surface area (Å²) in [7, 11) is 0. The van der Waals surface area contributed by atoms with E-state index in [0.717, 1.165) is 32.1 Å². The third-order valence-corrected chi connectivity index (χ3v) is 2.58. The maximum atomic E-state index is 11.0. The lowest BCUT2D eigenvalue weighted by atomic mass is 9.84. The van der Waals surface area contributed by atoms with Gasteiger partial charge in [0.1, 0.15) is 5.78 Å². The molecule has 0 aromatic carbocycles. The predicted molar refractivity (Wildman–Crippen MR) is 46.4 cm³/mol. The van der Waals surface area contributed by atoms with Gasteiger partial charge in [0.25, 0.3) is 0 Å². The average Bonchev–Trinajstić information content (AvgIpc) is 2.28. The molecule has 62 valence electrons. The molecule has 1 nitrogen and oxygen atoms in total. The van der Waals surface area contributed by atoms with Crippen LogP contribution in [0.2, 0.25) is 0 Å². The van der Waals surface area contributed by atoms with Crippen molar-refractivity contribution < 1.29 is 4.79 Å². The van der Waals surface area contributed by atoms with Gasteiger partial charge in [-0.15, -0.1) is 6.58 Å².